The molecule has 0 radical (unpaired) electrons. The van der Waals surface area contributed by atoms with E-state index in [0.717, 1.165) is 37.8 Å². The van der Waals surface area contributed by atoms with Crippen LogP contribution in [0.25, 0.3) is 0 Å². The van der Waals surface area contributed by atoms with Gasteiger partial charge in [-0.15, -0.1) is 0 Å². The average molecular weight is 389 g/mol. The van der Waals surface area contributed by atoms with E-state index in [4.69, 9.17) is 0 Å². The molecule has 0 saturated carbocycles. The molecule has 1 aromatic heterocycles. The molecule has 1 aliphatic heterocycles. The van der Waals surface area contributed by atoms with E-state index < -0.39 is 0 Å². The number of aliphatic imine (C=N–C) groups is 1. The van der Waals surface area contributed by atoms with Crippen LogP contribution in [0.5, 0.6) is 0 Å². The van der Waals surface area contributed by atoms with Crippen molar-refractivity contribution in [2.24, 2.45) is 4.99 Å². The van der Waals surface area contributed by atoms with Gasteiger partial charge in [0.1, 0.15) is 5.82 Å². The van der Waals surface area contributed by atoms with Crippen molar-refractivity contribution in [3.8, 4) is 0 Å². The second kappa shape index (κ2) is 9.28. The molecular formula is C23H28N6. The lowest BCUT2D eigenvalue weighted by atomic mass is 10.2. The zero-order valence-electron chi connectivity index (χ0n) is 16.8. The highest BCUT2D eigenvalue weighted by Crippen LogP contribution is 2.19. The van der Waals surface area contributed by atoms with Crippen LogP contribution in [0.1, 0.15) is 17.8 Å². The molecule has 1 aliphatic rings. The molecular weight excluding hydrogens is 360 g/mol. The number of hydrogen-bond acceptors (Lipinski definition) is 3. The molecule has 6 nitrogen and oxygen atoms in total. The summed E-state index contributed by atoms with van der Waals surface area (Å²) in [5.74, 6) is 1.81. The monoisotopic (exact) mass is 388 g/mol. The summed E-state index contributed by atoms with van der Waals surface area (Å²) in [4.78, 5) is 11.3. The first-order valence-corrected chi connectivity index (χ1v) is 10.1. The van der Waals surface area contributed by atoms with Crippen LogP contribution in [0.15, 0.2) is 78.0 Å². The molecule has 3 aromatic rings. The summed E-state index contributed by atoms with van der Waals surface area (Å²) in [6, 6.07) is 21.4. The third kappa shape index (κ3) is 4.96. The second-order valence-corrected chi connectivity index (χ2v) is 7.29. The lowest BCUT2D eigenvalue weighted by molar-refractivity contribution is 0.635. The summed E-state index contributed by atoms with van der Waals surface area (Å²) in [6.07, 6.45) is 4.97. The fourth-order valence-electron chi connectivity index (χ4n) is 3.73. The number of benzene rings is 2. The minimum absolute atomic E-state index is 0.380. The number of para-hydroxylation sites is 1. The van der Waals surface area contributed by atoms with Crippen molar-refractivity contribution in [1.29, 1.82) is 0 Å². The van der Waals surface area contributed by atoms with Gasteiger partial charge in [-0.1, -0.05) is 48.5 Å². The van der Waals surface area contributed by atoms with Crippen molar-refractivity contribution >= 4 is 11.6 Å². The van der Waals surface area contributed by atoms with Gasteiger partial charge in [0, 0.05) is 50.8 Å². The number of hydrogen-bond donors (Lipinski definition) is 2. The Labute approximate surface area is 172 Å². The van der Waals surface area contributed by atoms with Gasteiger partial charge >= 0.3 is 0 Å². The fraction of sp³-hybridized carbons (Fsp3) is 0.304. The van der Waals surface area contributed by atoms with Crippen LogP contribution in [-0.4, -0.2) is 41.7 Å². The summed E-state index contributed by atoms with van der Waals surface area (Å²) in [5, 5.41) is 6.97. The predicted octanol–water partition coefficient (Wildman–Crippen LogP) is 2.88. The fourth-order valence-corrected chi connectivity index (χ4v) is 3.73. The Hall–Kier alpha value is -3.28. The summed E-state index contributed by atoms with van der Waals surface area (Å²) in [6.45, 7) is 3.49. The van der Waals surface area contributed by atoms with E-state index in [-0.39, 0.29) is 0 Å². The molecule has 2 heterocycles. The van der Waals surface area contributed by atoms with Gasteiger partial charge in [-0.25, -0.2) is 4.98 Å². The van der Waals surface area contributed by atoms with Crippen molar-refractivity contribution in [3.05, 3.63) is 84.4 Å². The highest BCUT2D eigenvalue weighted by Gasteiger charge is 2.23. The molecule has 150 valence electrons. The third-order valence-corrected chi connectivity index (χ3v) is 5.29. The molecule has 2 N–H and O–H groups in total. The summed E-state index contributed by atoms with van der Waals surface area (Å²) in [7, 11) is 1.82. The third-order valence-electron chi connectivity index (χ3n) is 5.29. The zero-order chi connectivity index (χ0) is 19.9. The number of anilines is 1. The summed E-state index contributed by atoms with van der Waals surface area (Å²) >= 11 is 0. The molecule has 0 amide bonds. The normalized spacial score (nSPS) is 16.8. The van der Waals surface area contributed by atoms with E-state index in [1.807, 2.05) is 25.5 Å². The Bertz CT molecular complexity index is 919. The molecule has 1 saturated heterocycles. The Morgan fingerprint density at radius 1 is 1.10 bits per heavy atom. The SMILES string of the molecule is CN=C(NCc1nccn1Cc1ccccc1)NC1CCN(c2ccccc2)C1. The van der Waals surface area contributed by atoms with E-state index in [1.54, 1.807) is 0 Å². The van der Waals surface area contributed by atoms with Gasteiger partial charge in [0.2, 0.25) is 0 Å². The molecule has 29 heavy (non-hydrogen) atoms. The quantitative estimate of drug-likeness (QED) is 0.504. The van der Waals surface area contributed by atoms with E-state index in [2.05, 4.69) is 84.7 Å². The maximum absolute atomic E-state index is 4.51. The first-order chi connectivity index (χ1) is 14.3. The minimum Gasteiger partial charge on any atom is -0.369 e. The van der Waals surface area contributed by atoms with E-state index in [1.165, 1.54) is 11.3 Å². The Morgan fingerprint density at radius 2 is 1.86 bits per heavy atom. The van der Waals surface area contributed by atoms with Gasteiger partial charge < -0.3 is 20.1 Å². The molecule has 4 rings (SSSR count). The van der Waals surface area contributed by atoms with Crippen LogP contribution in [0.3, 0.4) is 0 Å². The molecule has 1 fully saturated rings. The summed E-state index contributed by atoms with van der Waals surface area (Å²) in [5.41, 5.74) is 2.55. The molecule has 0 aliphatic carbocycles. The van der Waals surface area contributed by atoms with Gasteiger partial charge in [0.15, 0.2) is 5.96 Å². The molecule has 1 atom stereocenters. The number of rotatable bonds is 6. The Kier molecular flexibility index (Phi) is 6.10. The molecule has 0 spiro atoms. The Balaban J connectivity index is 1.30. The topological polar surface area (TPSA) is 57.5 Å². The number of nitrogens with zero attached hydrogens (tertiary/aromatic N) is 4. The first-order valence-electron chi connectivity index (χ1n) is 10.1. The Morgan fingerprint density at radius 3 is 2.62 bits per heavy atom. The minimum atomic E-state index is 0.380. The number of imidazole rings is 1. The standard InChI is InChI=1S/C23H28N6/c1-24-23(27-20-12-14-28(18-20)21-10-6-3-7-11-21)26-16-22-25-13-15-29(22)17-19-8-4-2-5-9-19/h2-11,13,15,20H,12,14,16-18H2,1H3,(H2,24,26,27). The van der Waals surface area contributed by atoms with Gasteiger partial charge in [0.25, 0.3) is 0 Å². The summed E-state index contributed by atoms with van der Waals surface area (Å²) < 4.78 is 2.17. The van der Waals surface area contributed by atoms with E-state index >= 15 is 0 Å². The second-order valence-electron chi connectivity index (χ2n) is 7.29. The molecule has 6 heteroatoms. The molecule has 2 aromatic carbocycles. The zero-order valence-corrected chi connectivity index (χ0v) is 16.8. The lowest BCUT2D eigenvalue weighted by Gasteiger charge is -2.20. The van der Waals surface area contributed by atoms with E-state index in [9.17, 15) is 0 Å². The molecule has 0 bridgehead atoms. The van der Waals surface area contributed by atoms with Crippen LogP contribution >= 0.6 is 0 Å². The van der Waals surface area contributed by atoms with Crippen LogP contribution in [0.2, 0.25) is 0 Å². The van der Waals surface area contributed by atoms with Crippen LogP contribution in [-0.2, 0) is 13.1 Å². The van der Waals surface area contributed by atoms with Gasteiger partial charge in [-0.05, 0) is 24.1 Å². The van der Waals surface area contributed by atoms with Crippen molar-refractivity contribution < 1.29 is 0 Å². The van der Waals surface area contributed by atoms with Crippen LogP contribution in [0.4, 0.5) is 5.69 Å². The smallest absolute Gasteiger partial charge is 0.191 e. The van der Waals surface area contributed by atoms with Gasteiger partial charge in [-0.3, -0.25) is 4.99 Å². The highest BCUT2D eigenvalue weighted by atomic mass is 15.2. The van der Waals surface area contributed by atoms with Crippen molar-refractivity contribution in [1.82, 2.24) is 20.2 Å². The highest BCUT2D eigenvalue weighted by molar-refractivity contribution is 5.80. The maximum atomic E-state index is 4.51. The average Bonchev–Trinajstić information content (AvgIpc) is 3.42. The maximum Gasteiger partial charge on any atom is 0.191 e. The number of aromatic nitrogens is 2. The largest absolute Gasteiger partial charge is 0.369 e. The van der Waals surface area contributed by atoms with Crippen LogP contribution < -0.4 is 15.5 Å². The molecule has 1 unspecified atom stereocenters. The van der Waals surface area contributed by atoms with Crippen molar-refractivity contribution in [3.63, 3.8) is 0 Å². The van der Waals surface area contributed by atoms with E-state index in [0.29, 0.717) is 12.6 Å². The number of nitrogens with one attached hydrogen (secondary N) is 2. The van der Waals surface area contributed by atoms with Gasteiger partial charge in [-0.2, -0.15) is 0 Å². The first kappa shape index (κ1) is 19.1. The van der Waals surface area contributed by atoms with Crippen LogP contribution in [0, 0.1) is 0 Å². The number of guanidine groups is 1. The van der Waals surface area contributed by atoms with Crippen molar-refractivity contribution in [2.75, 3.05) is 25.0 Å². The predicted molar refractivity (Wildman–Crippen MR) is 118 cm³/mol. The van der Waals surface area contributed by atoms with Gasteiger partial charge in [0.05, 0.1) is 6.54 Å². The lowest BCUT2D eigenvalue weighted by Crippen LogP contribution is -2.44. The van der Waals surface area contributed by atoms with Crippen molar-refractivity contribution in [2.45, 2.75) is 25.6 Å².